The number of nitrogens with one attached hydrogen (secondary N) is 1. The molecule has 1 fully saturated rings. The summed E-state index contributed by atoms with van der Waals surface area (Å²) < 4.78 is 0. The van der Waals surface area contributed by atoms with Crippen LogP contribution in [0, 0.1) is 10.1 Å². The van der Waals surface area contributed by atoms with Crippen molar-refractivity contribution in [3.63, 3.8) is 0 Å². The average Bonchev–Trinajstić information content (AvgIpc) is 2.63. The van der Waals surface area contributed by atoms with Gasteiger partial charge in [0.15, 0.2) is 5.82 Å². The van der Waals surface area contributed by atoms with Crippen LogP contribution in [0.15, 0.2) is 12.0 Å². The molecule has 0 spiro atoms. The van der Waals surface area contributed by atoms with Crippen molar-refractivity contribution < 1.29 is 4.92 Å². The van der Waals surface area contributed by atoms with Gasteiger partial charge in [0.2, 0.25) is 0 Å². The fourth-order valence-electron chi connectivity index (χ4n) is 0.695. The van der Waals surface area contributed by atoms with Crippen LogP contribution in [0.4, 0.5) is 0 Å². The summed E-state index contributed by atoms with van der Waals surface area (Å²) in [4.78, 5) is 11.4. The lowest BCUT2D eigenvalue weighted by Gasteiger charge is -2.02. The topological polar surface area (TPSA) is 58.2 Å². The van der Waals surface area contributed by atoms with Crippen molar-refractivity contribution in [3.8, 4) is 0 Å². The lowest BCUT2D eigenvalue weighted by Crippen LogP contribution is -2.15. The summed E-state index contributed by atoms with van der Waals surface area (Å²) in [5, 5.41) is 12.7. The Morgan fingerprint density at radius 2 is 2.40 bits per heavy atom. The van der Waals surface area contributed by atoms with E-state index in [1.165, 1.54) is 0 Å². The summed E-state index contributed by atoms with van der Waals surface area (Å²) in [7, 11) is 1.67. The molecular weight excluding hydrogens is 134 g/mol. The van der Waals surface area contributed by atoms with Crippen LogP contribution in [0.5, 0.6) is 0 Å². The van der Waals surface area contributed by atoms with Gasteiger partial charge >= 0.3 is 0 Å². The van der Waals surface area contributed by atoms with Gasteiger partial charge in [0.05, 0.1) is 4.92 Å². The van der Waals surface area contributed by atoms with E-state index in [0.29, 0.717) is 5.82 Å². The van der Waals surface area contributed by atoms with E-state index in [4.69, 9.17) is 0 Å². The lowest BCUT2D eigenvalue weighted by atomic mass is 10.7. The first-order valence-electron chi connectivity index (χ1n) is 3.02. The van der Waals surface area contributed by atoms with E-state index in [1.54, 1.807) is 7.05 Å². The highest BCUT2D eigenvalue weighted by Gasteiger charge is 2.21. The second kappa shape index (κ2) is 2.55. The molecule has 1 aliphatic heterocycles. The molecule has 1 saturated heterocycles. The fourth-order valence-corrected chi connectivity index (χ4v) is 0.695. The minimum Gasteiger partial charge on any atom is -0.370 e. The molecule has 0 aromatic rings. The minimum atomic E-state index is -0.454. The van der Waals surface area contributed by atoms with Gasteiger partial charge in [-0.05, 0) is 0 Å². The van der Waals surface area contributed by atoms with Crippen molar-refractivity contribution in [1.82, 2.24) is 10.2 Å². The van der Waals surface area contributed by atoms with Crippen LogP contribution >= 0.6 is 0 Å². The highest BCUT2D eigenvalue weighted by Crippen LogP contribution is 2.10. The molecule has 1 heterocycles. The molecule has 0 aliphatic carbocycles. The maximum Gasteiger partial charge on any atom is 0.274 e. The Kier molecular flexibility index (Phi) is 1.75. The van der Waals surface area contributed by atoms with Crippen LogP contribution in [0.1, 0.15) is 0 Å². The summed E-state index contributed by atoms with van der Waals surface area (Å²) in [5.74, 6) is 0.588. The zero-order chi connectivity index (χ0) is 7.56. The third kappa shape index (κ3) is 1.61. The molecule has 0 aromatic heterocycles. The molecule has 10 heavy (non-hydrogen) atoms. The predicted molar refractivity (Wildman–Crippen MR) is 35.7 cm³/mol. The Labute approximate surface area is 58.5 Å². The first kappa shape index (κ1) is 6.85. The number of hydrogen-bond acceptors (Lipinski definition) is 4. The van der Waals surface area contributed by atoms with Crippen LogP contribution in [0.3, 0.4) is 0 Å². The number of hydrogen-bond donors (Lipinski definition) is 1. The lowest BCUT2D eigenvalue weighted by molar-refractivity contribution is -0.404. The van der Waals surface area contributed by atoms with Gasteiger partial charge in [-0.1, -0.05) is 0 Å². The normalized spacial score (nSPS) is 16.9. The molecule has 56 valence electrons. The monoisotopic (exact) mass is 143 g/mol. The largest absolute Gasteiger partial charge is 0.370 e. The van der Waals surface area contributed by atoms with Gasteiger partial charge < -0.3 is 10.2 Å². The summed E-state index contributed by atoms with van der Waals surface area (Å²) in [6.45, 7) is 1.83. The smallest absolute Gasteiger partial charge is 0.274 e. The van der Waals surface area contributed by atoms with E-state index in [1.807, 2.05) is 4.90 Å². The standard InChI is InChI=1S/C5H9N3O2/c1-6-5(4-8(9)10)7-2-3-7/h4,6H,2-3H2,1H3/b5-4+. The Bertz CT molecular complexity index is 174. The van der Waals surface area contributed by atoms with E-state index in [2.05, 4.69) is 5.32 Å². The van der Waals surface area contributed by atoms with Crippen LogP contribution in [0.2, 0.25) is 0 Å². The van der Waals surface area contributed by atoms with Gasteiger partial charge in [0.1, 0.15) is 0 Å². The van der Waals surface area contributed by atoms with Gasteiger partial charge in [-0.2, -0.15) is 0 Å². The van der Waals surface area contributed by atoms with E-state index < -0.39 is 4.92 Å². The third-order valence-electron chi connectivity index (χ3n) is 1.27. The SMILES string of the molecule is CN/C(=C\[N+](=O)[O-])N1CC1. The van der Waals surface area contributed by atoms with E-state index in [-0.39, 0.29) is 0 Å². The van der Waals surface area contributed by atoms with Gasteiger partial charge in [-0.3, -0.25) is 10.1 Å². The quantitative estimate of drug-likeness (QED) is 0.331. The van der Waals surface area contributed by atoms with Crippen LogP contribution in [-0.4, -0.2) is 30.0 Å². The molecule has 5 nitrogen and oxygen atoms in total. The Morgan fingerprint density at radius 3 is 2.70 bits per heavy atom. The molecule has 5 heteroatoms. The average molecular weight is 143 g/mol. The second-order valence-corrected chi connectivity index (χ2v) is 2.04. The summed E-state index contributed by atoms with van der Waals surface area (Å²) in [5.41, 5.74) is 0. The minimum absolute atomic E-state index is 0.454. The zero-order valence-electron chi connectivity index (χ0n) is 5.70. The Balaban J connectivity index is 2.53. The predicted octanol–water partition coefficient (Wildman–Crippen LogP) is -0.403. The van der Waals surface area contributed by atoms with Crippen molar-refractivity contribution in [2.45, 2.75) is 0 Å². The molecule has 0 bridgehead atoms. The summed E-state index contributed by atoms with van der Waals surface area (Å²) >= 11 is 0. The molecule has 1 rings (SSSR count). The summed E-state index contributed by atoms with van der Waals surface area (Å²) in [6, 6.07) is 0. The van der Waals surface area contributed by atoms with Crippen molar-refractivity contribution >= 4 is 0 Å². The Morgan fingerprint density at radius 1 is 1.80 bits per heavy atom. The third-order valence-corrected chi connectivity index (χ3v) is 1.27. The molecular formula is C5H9N3O2. The van der Waals surface area contributed by atoms with Crippen molar-refractivity contribution in [3.05, 3.63) is 22.1 Å². The van der Waals surface area contributed by atoms with E-state index in [9.17, 15) is 10.1 Å². The molecule has 1 N–H and O–H groups in total. The number of rotatable bonds is 3. The maximum atomic E-state index is 9.96. The molecule has 0 amide bonds. The van der Waals surface area contributed by atoms with E-state index in [0.717, 1.165) is 19.3 Å². The number of nitro groups is 1. The maximum absolute atomic E-state index is 9.96. The van der Waals surface area contributed by atoms with Gasteiger partial charge in [-0.25, -0.2) is 0 Å². The van der Waals surface area contributed by atoms with Crippen molar-refractivity contribution in [1.29, 1.82) is 0 Å². The number of nitrogens with zero attached hydrogens (tertiary/aromatic N) is 2. The van der Waals surface area contributed by atoms with Gasteiger partial charge in [-0.15, -0.1) is 0 Å². The van der Waals surface area contributed by atoms with Crippen LogP contribution in [-0.2, 0) is 0 Å². The Hall–Kier alpha value is -1.26. The second-order valence-electron chi connectivity index (χ2n) is 2.04. The summed E-state index contributed by atoms with van der Waals surface area (Å²) in [6.07, 6.45) is 0.979. The van der Waals surface area contributed by atoms with Crippen LogP contribution in [0.25, 0.3) is 0 Å². The first-order valence-corrected chi connectivity index (χ1v) is 3.02. The van der Waals surface area contributed by atoms with Crippen molar-refractivity contribution in [2.24, 2.45) is 0 Å². The van der Waals surface area contributed by atoms with E-state index >= 15 is 0 Å². The van der Waals surface area contributed by atoms with Crippen molar-refractivity contribution in [2.75, 3.05) is 20.1 Å². The fraction of sp³-hybridized carbons (Fsp3) is 0.600. The molecule has 0 radical (unpaired) electrons. The van der Waals surface area contributed by atoms with Crippen LogP contribution < -0.4 is 5.32 Å². The highest BCUT2D eigenvalue weighted by atomic mass is 16.6. The highest BCUT2D eigenvalue weighted by molar-refractivity contribution is 5.00. The van der Waals surface area contributed by atoms with Gasteiger partial charge in [0.25, 0.3) is 6.20 Å². The molecule has 0 unspecified atom stereocenters. The molecule has 0 saturated carbocycles. The molecule has 0 aromatic carbocycles. The molecule has 0 atom stereocenters. The molecule has 1 aliphatic rings. The van der Waals surface area contributed by atoms with Gasteiger partial charge in [0, 0.05) is 20.1 Å². The first-order chi connectivity index (χ1) is 4.74. The zero-order valence-corrected chi connectivity index (χ0v) is 5.70.